The topological polar surface area (TPSA) is 111 Å². The minimum atomic E-state index is -0.618. The molecular formula is C29H28N2O6. The molecule has 190 valence electrons. The summed E-state index contributed by atoms with van der Waals surface area (Å²) in [6.07, 6.45) is 0.0985. The Hall–Kier alpha value is -4.59. The Bertz CT molecular complexity index is 1360. The van der Waals surface area contributed by atoms with E-state index in [0.29, 0.717) is 30.2 Å². The van der Waals surface area contributed by atoms with Crippen LogP contribution in [-0.2, 0) is 27.1 Å². The average Bonchev–Trinajstić information content (AvgIpc) is 3.24. The van der Waals surface area contributed by atoms with E-state index < -0.39 is 6.09 Å². The van der Waals surface area contributed by atoms with Crippen LogP contribution in [0, 0.1) is 6.92 Å². The van der Waals surface area contributed by atoms with Crippen LogP contribution in [0.25, 0.3) is 22.5 Å². The van der Waals surface area contributed by atoms with E-state index in [2.05, 4.69) is 10.5 Å². The molecule has 8 heteroatoms. The smallest absolute Gasteiger partial charge is 0.411 e. The minimum absolute atomic E-state index is 0.155. The number of amides is 1. The van der Waals surface area contributed by atoms with Crippen molar-refractivity contribution in [1.29, 1.82) is 0 Å². The SMILES string of the molecule is CCOC(=O)Cc1ccc(-c2ccc(-c3onc(C)c3NC(=O)OCCc3cccc(O)c3)cc2)cc1. The maximum Gasteiger partial charge on any atom is 0.411 e. The first-order valence-electron chi connectivity index (χ1n) is 12.0. The van der Waals surface area contributed by atoms with Crippen molar-refractivity contribution in [3.8, 4) is 28.2 Å². The lowest BCUT2D eigenvalue weighted by molar-refractivity contribution is -0.142. The maximum atomic E-state index is 12.4. The van der Waals surface area contributed by atoms with Gasteiger partial charge in [0, 0.05) is 12.0 Å². The summed E-state index contributed by atoms with van der Waals surface area (Å²) in [6.45, 7) is 4.05. The van der Waals surface area contributed by atoms with E-state index in [0.717, 1.165) is 27.8 Å². The van der Waals surface area contributed by atoms with Gasteiger partial charge in [0.15, 0.2) is 5.76 Å². The van der Waals surface area contributed by atoms with Crippen LogP contribution in [0.3, 0.4) is 0 Å². The molecule has 0 atom stereocenters. The highest BCUT2D eigenvalue weighted by Gasteiger charge is 2.18. The fourth-order valence-electron chi connectivity index (χ4n) is 3.83. The lowest BCUT2D eigenvalue weighted by Gasteiger charge is -2.09. The van der Waals surface area contributed by atoms with E-state index in [1.54, 1.807) is 32.0 Å². The van der Waals surface area contributed by atoms with Crippen LogP contribution in [0.4, 0.5) is 10.5 Å². The highest BCUT2D eigenvalue weighted by atomic mass is 16.5. The Morgan fingerprint density at radius 3 is 2.27 bits per heavy atom. The largest absolute Gasteiger partial charge is 0.508 e. The van der Waals surface area contributed by atoms with Crippen LogP contribution >= 0.6 is 0 Å². The molecule has 8 nitrogen and oxygen atoms in total. The van der Waals surface area contributed by atoms with Gasteiger partial charge in [0.2, 0.25) is 0 Å². The number of aromatic nitrogens is 1. The average molecular weight is 501 g/mol. The molecule has 1 amide bonds. The maximum absolute atomic E-state index is 12.4. The number of anilines is 1. The number of rotatable bonds is 9. The van der Waals surface area contributed by atoms with Gasteiger partial charge in [-0.3, -0.25) is 10.1 Å². The molecule has 0 unspecified atom stereocenters. The van der Waals surface area contributed by atoms with Crippen molar-refractivity contribution in [2.45, 2.75) is 26.7 Å². The second-order valence-electron chi connectivity index (χ2n) is 8.41. The molecule has 0 aliphatic rings. The summed E-state index contributed by atoms with van der Waals surface area (Å²) in [5.41, 5.74) is 5.46. The van der Waals surface area contributed by atoms with Gasteiger partial charge in [-0.05, 0) is 48.2 Å². The molecule has 2 N–H and O–H groups in total. The lowest BCUT2D eigenvalue weighted by atomic mass is 10.0. The van der Waals surface area contributed by atoms with E-state index in [4.69, 9.17) is 14.0 Å². The zero-order valence-electron chi connectivity index (χ0n) is 20.7. The Balaban J connectivity index is 1.39. The number of carbonyl (C=O) groups is 2. The Kier molecular flexibility index (Phi) is 8.20. The van der Waals surface area contributed by atoms with Gasteiger partial charge < -0.3 is 19.1 Å². The minimum Gasteiger partial charge on any atom is -0.508 e. The number of hydrogen-bond donors (Lipinski definition) is 2. The van der Waals surface area contributed by atoms with Gasteiger partial charge in [0.25, 0.3) is 0 Å². The molecule has 4 rings (SSSR count). The van der Waals surface area contributed by atoms with E-state index in [1.807, 2.05) is 54.6 Å². The number of aryl methyl sites for hydroxylation is 1. The number of phenols is 1. The summed E-state index contributed by atoms with van der Waals surface area (Å²) in [7, 11) is 0. The van der Waals surface area contributed by atoms with E-state index in [-0.39, 0.29) is 24.7 Å². The Labute approximate surface area is 214 Å². The van der Waals surface area contributed by atoms with Gasteiger partial charge in [-0.15, -0.1) is 0 Å². The quantitative estimate of drug-likeness (QED) is 0.274. The molecular weight excluding hydrogens is 472 g/mol. The Morgan fingerprint density at radius 1 is 0.919 bits per heavy atom. The molecule has 4 aromatic rings. The zero-order valence-corrected chi connectivity index (χ0v) is 20.7. The molecule has 0 saturated carbocycles. The summed E-state index contributed by atoms with van der Waals surface area (Å²) in [4.78, 5) is 24.1. The first-order chi connectivity index (χ1) is 17.9. The number of hydrogen-bond acceptors (Lipinski definition) is 7. The normalized spacial score (nSPS) is 10.6. The van der Waals surface area contributed by atoms with Crippen molar-refractivity contribution in [2.24, 2.45) is 0 Å². The molecule has 0 aliphatic heterocycles. The molecule has 0 radical (unpaired) electrons. The van der Waals surface area contributed by atoms with Crippen molar-refractivity contribution in [3.63, 3.8) is 0 Å². The number of nitrogens with one attached hydrogen (secondary N) is 1. The molecule has 0 saturated heterocycles. The van der Waals surface area contributed by atoms with Gasteiger partial charge in [0.05, 0.1) is 19.6 Å². The zero-order chi connectivity index (χ0) is 26.2. The molecule has 0 fully saturated rings. The predicted molar refractivity (Wildman–Crippen MR) is 139 cm³/mol. The summed E-state index contributed by atoms with van der Waals surface area (Å²) in [5, 5.41) is 16.3. The third-order valence-corrected chi connectivity index (χ3v) is 5.71. The highest BCUT2D eigenvalue weighted by molar-refractivity contribution is 5.91. The van der Waals surface area contributed by atoms with Crippen molar-refractivity contribution in [2.75, 3.05) is 18.5 Å². The first kappa shape index (κ1) is 25.5. The van der Waals surface area contributed by atoms with Crippen molar-refractivity contribution in [3.05, 3.63) is 89.6 Å². The third kappa shape index (κ3) is 6.76. The highest BCUT2D eigenvalue weighted by Crippen LogP contribution is 2.32. The Morgan fingerprint density at radius 2 is 1.59 bits per heavy atom. The van der Waals surface area contributed by atoms with Crippen LogP contribution in [0.1, 0.15) is 23.7 Å². The molecule has 0 aliphatic carbocycles. The van der Waals surface area contributed by atoms with Crippen molar-refractivity contribution in [1.82, 2.24) is 5.16 Å². The summed E-state index contributed by atoms with van der Waals surface area (Å²) < 4.78 is 15.8. The van der Waals surface area contributed by atoms with Gasteiger partial charge in [0.1, 0.15) is 17.1 Å². The van der Waals surface area contributed by atoms with Crippen LogP contribution in [0.2, 0.25) is 0 Å². The first-order valence-corrected chi connectivity index (χ1v) is 12.0. The number of carbonyl (C=O) groups excluding carboxylic acids is 2. The lowest BCUT2D eigenvalue weighted by Crippen LogP contribution is -2.16. The van der Waals surface area contributed by atoms with Gasteiger partial charge in [-0.25, -0.2) is 4.79 Å². The van der Waals surface area contributed by atoms with Crippen molar-refractivity contribution < 1.29 is 28.7 Å². The summed E-state index contributed by atoms with van der Waals surface area (Å²) in [5.74, 6) is 0.356. The number of benzene rings is 3. The van der Waals surface area contributed by atoms with Gasteiger partial charge in [-0.2, -0.15) is 0 Å². The summed E-state index contributed by atoms with van der Waals surface area (Å²) >= 11 is 0. The number of nitrogens with zero attached hydrogens (tertiary/aromatic N) is 1. The number of esters is 1. The van der Waals surface area contributed by atoms with Crippen LogP contribution < -0.4 is 5.32 Å². The molecule has 3 aromatic carbocycles. The van der Waals surface area contributed by atoms with Gasteiger partial charge in [-0.1, -0.05) is 65.8 Å². The fourth-order valence-corrected chi connectivity index (χ4v) is 3.83. The number of aromatic hydroxyl groups is 1. The molecule has 37 heavy (non-hydrogen) atoms. The van der Waals surface area contributed by atoms with E-state index >= 15 is 0 Å². The van der Waals surface area contributed by atoms with Crippen molar-refractivity contribution >= 4 is 17.7 Å². The second kappa shape index (κ2) is 11.9. The second-order valence-corrected chi connectivity index (χ2v) is 8.41. The third-order valence-electron chi connectivity index (χ3n) is 5.71. The monoisotopic (exact) mass is 500 g/mol. The number of phenolic OH excluding ortho intramolecular Hbond substituents is 1. The fraction of sp³-hybridized carbons (Fsp3) is 0.207. The van der Waals surface area contributed by atoms with E-state index in [9.17, 15) is 14.7 Å². The van der Waals surface area contributed by atoms with Crippen LogP contribution in [0.5, 0.6) is 5.75 Å². The van der Waals surface area contributed by atoms with Crippen LogP contribution in [-0.4, -0.2) is 35.5 Å². The number of ether oxygens (including phenoxy) is 2. The molecule has 1 heterocycles. The van der Waals surface area contributed by atoms with Gasteiger partial charge >= 0.3 is 12.1 Å². The molecule has 0 spiro atoms. The van der Waals surface area contributed by atoms with E-state index in [1.165, 1.54) is 0 Å². The standard InChI is InChI=1S/C29H28N2O6/c1-3-35-26(33)18-21-7-9-22(10-8-21)23-11-13-24(14-12-23)28-27(19(2)31-37-28)30-29(34)36-16-15-20-5-4-6-25(32)17-20/h4-14,17,32H,3,15-16,18H2,1-2H3,(H,30,34). The predicted octanol–water partition coefficient (Wildman–Crippen LogP) is 5.92. The van der Waals surface area contributed by atoms with Crippen LogP contribution in [0.15, 0.2) is 77.3 Å². The molecule has 0 bridgehead atoms. The summed E-state index contributed by atoms with van der Waals surface area (Å²) in [6, 6.07) is 22.2. The molecule has 1 aromatic heterocycles.